The fourth-order valence-corrected chi connectivity index (χ4v) is 2.77. The molecule has 4 atom stereocenters. The van der Waals surface area contributed by atoms with Crippen LogP contribution in [0.3, 0.4) is 0 Å². The van der Waals surface area contributed by atoms with Crippen molar-refractivity contribution in [2.24, 2.45) is 0 Å². The maximum Gasteiger partial charge on any atom is 0.151 e. The summed E-state index contributed by atoms with van der Waals surface area (Å²) in [6.45, 7) is -0.170. The van der Waals surface area contributed by atoms with E-state index in [4.69, 9.17) is 10.5 Å². The first kappa shape index (κ1) is 13.3. The topological polar surface area (TPSA) is 129 Å². The first-order valence-electron chi connectivity index (χ1n) is 6.32. The number of aliphatic hydroxyl groups is 2. The molecule has 108 valence electrons. The number of hydrogen-bond acceptors (Lipinski definition) is 7. The normalized spacial score (nSPS) is 30.1. The number of rotatable bonds is 3. The fourth-order valence-electron chi connectivity index (χ4n) is 2.77. The SMILES string of the molecule is CO[C@@H]1[C@H](O)[C@@H](CO)N[C@H]1c1c[nH]c2c(N)ncnc12. The second-order valence-corrected chi connectivity index (χ2v) is 4.85. The average Bonchev–Trinajstić information content (AvgIpc) is 3.00. The van der Waals surface area contributed by atoms with Gasteiger partial charge in [-0.1, -0.05) is 0 Å². The number of nitrogens with one attached hydrogen (secondary N) is 2. The Morgan fingerprint density at radius 3 is 2.95 bits per heavy atom. The van der Waals surface area contributed by atoms with Crippen LogP contribution in [0.5, 0.6) is 0 Å². The van der Waals surface area contributed by atoms with Gasteiger partial charge in [0.15, 0.2) is 5.82 Å². The summed E-state index contributed by atoms with van der Waals surface area (Å²) < 4.78 is 5.36. The molecule has 1 aliphatic rings. The van der Waals surface area contributed by atoms with Crippen LogP contribution in [0, 0.1) is 0 Å². The minimum atomic E-state index is -0.792. The minimum Gasteiger partial charge on any atom is -0.395 e. The lowest BCUT2D eigenvalue weighted by Crippen LogP contribution is -2.36. The van der Waals surface area contributed by atoms with Crippen LogP contribution in [0.4, 0.5) is 5.82 Å². The summed E-state index contributed by atoms with van der Waals surface area (Å²) >= 11 is 0. The average molecular weight is 279 g/mol. The number of nitrogen functional groups attached to an aromatic ring is 1. The van der Waals surface area contributed by atoms with Crippen molar-refractivity contribution in [2.45, 2.75) is 24.3 Å². The van der Waals surface area contributed by atoms with Gasteiger partial charge in [-0.05, 0) is 0 Å². The molecule has 2 aromatic heterocycles. The molecule has 1 aliphatic heterocycles. The van der Waals surface area contributed by atoms with Gasteiger partial charge >= 0.3 is 0 Å². The van der Waals surface area contributed by atoms with E-state index in [9.17, 15) is 10.2 Å². The summed E-state index contributed by atoms with van der Waals surface area (Å²) in [4.78, 5) is 11.2. The van der Waals surface area contributed by atoms with Crippen LogP contribution in [0.15, 0.2) is 12.5 Å². The van der Waals surface area contributed by atoms with Crippen molar-refractivity contribution in [3.05, 3.63) is 18.1 Å². The second kappa shape index (κ2) is 4.98. The fraction of sp³-hybridized carbons (Fsp3) is 0.500. The molecule has 0 amide bonds. The summed E-state index contributed by atoms with van der Waals surface area (Å²) in [5, 5.41) is 22.6. The van der Waals surface area contributed by atoms with E-state index in [0.29, 0.717) is 16.9 Å². The van der Waals surface area contributed by atoms with Crippen LogP contribution >= 0.6 is 0 Å². The molecule has 3 heterocycles. The highest BCUT2D eigenvalue weighted by Crippen LogP contribution is 2.33. The van der Waals surface area contributed by atoms with E-state index >= 15 is 0 Å². The van der Waals surface area contributed by atoms with Gasteiger partial charge in [0.2, 0.25) is 0 Å². The number of aromatic nitrogens is 3. The monoisotopic (exact) mass is 279 g/mol. The number of H-pyrrole nitrogens is 1. The Bertz CT molecular complexity index is 616. The zero-order valence-electron chi connectivity index (χ0n) is 10.9. The third-order valence-electron chi connectivity index (χ3n) is 3.80. The third kappa shape index (κ3) is 1.85. The summed E-state index contributed by atoms with van der Waals surface area (Å²) in [5.74, 6) is 0.368. The number of nitrogens with zero attached hydrogens (tertiary/aromatic N) is 2. The van der Waals surface area contributed by atoms with Crippen LogP contribution in [-0.4, -0.2) is 57.1 Å². The van der Waals surface area contributed by atoms with Crippen molar-refractivity contribution < 1.29 is 14.9 Å². The molecule has 20 heavy (non-hydrogen) atoms. The Balaban J connectivity index is 2.04. The molecule has 1 fully saturated rings. The largest absolute Gasteiger partial charge is 0.395 e. The highest BCUT2D eigenvalue weighted by atomic mass is 16.5. The molecule has 0 aromatic carbocycles. The number of methoxy groups -OCH3 is 1. The number of anilines is 1. The van der Waals surface area contributed by atoms with Gasteiger partial charge in [0.05, 0.1) is 30.3 Å². The number of hydrogen-bond donors (Lipinski definition) is 5. The molecule has 8 nitrogen and oxygen atoms in total. The predicted octanol–water partition coefficient (Wildman–Crippen LogP) is -1.08. The van der Waals surface area contributed by atoms with Gasteiger partial charge in [0.25, 0.3) is 0 Å². The predicted molar refractivity (Wildman–Crippen MR) is 71.9 cm³/mol. The van der Waals surface area contributed by atoms with Gasteiger partial charge in [0.1, 0.15) is 17.9 Å². The van der Waals surface area contributed by atoms with Crippen molar-refractivity contribution >= 4 is 16.9 Å². The van der Waals surface area contributed by atoms with Crippen LogP contribution in [0.25, 0.3) is 11.0 Å². The summed E-state index contributed by atoms with van der Waals surface area (Å²) in [6.07, 6.45) is 1.90. The zero-order chi connectivity index (χ0) is 14.3. The van der Waals surface area contributed by atoms with Crippen LogP contribution < -0.4 is 11.1 Å². The number of fused-ring (bicyclic) bond motifs is 1. The van der Waals surface area contributed by atoms with E-state index in [2.05, 4.69) is 20.3 Å². The molecule has 0 unspecified atom stereocenters. The van der Waals surface area contributed by atoms with Gasteiger partial charge in [0, 0.05) is 18.9 Å². The van der Waals surface area contributed by atoms with Crippen molar-refractivity contribution in [3.63, 3.8) is 0 Å². The molecule has 2 aromatic rings. The third-order valence-corrected chi connectivity index (χ3v) is 3.80. The Kier molecular flexibility index (Phi) is 3.30. The van der Waals surface area contributed by atoms with Gasteiger partial charge < -0.3 is 31.0 Å². The first-order valence-corrected chi connectivity index (χ1v) is 6.32. The molecule has 6 N–H and O–H groups in total. The Morgan fingerprint density at radius 1 is 1.45 bits per heavy atom. The van der Waals surface area contributed by atoms with Crippen molar-refractivity contribution in [3.8, 4) is 0 Å². The Hall–Kier alpha value is -1.74. The Morgan fingerprint density at radius 2 is 2.25 bits per heavy atom. The quantitative estimate of drug-likeness (QED) is 0.483. The lowest BCUT2D eigenvalue weighted by Gasteiger charge is -2.19. The van der Waals surface area contributed by atoms with Crippen LogP contribution in [0.1, 0.15) is 11.6 Å². The molecule has 0 radical (unpaired) electrons. The van der Waals surface area contributed by atoms with Crippen molar-refractivity contribution in [2.75, 3.05) is 19.5 Å². The van der Waals surface area contributed by atoms with E-state index in [1.807, 2.05) is 0 Å². The molecule has 3 rings (SSSR count). The van der Waals surface area contributed by atoms with Crippen molar-refractivity contribution in [1.29, 1.82) is 0 Å². The summed E-state index contributed by atoms with van der Waals surface area (Å²) in [6, 6.07) is -0.718. The van der Waals surface area contributed by atoms with E-state index < -0.39 is 18.2 Å². The second-order valence-electron chi connectivity index (χ2n) is 4.85. The zero-order valence-corrected chi connectivity index (χ0v) is 10.9. The van der Waals surface area contributed by atoms with E-state index in [1.165, 1.54) is 13.4 Å². The van der Waals surface area contributed by atoms with Crippen LogP contribution in [-0.2, 0) is 4.74 Å². The van der Waals surface area contributed by atoms with E-state index in [-0.39, 0.29) is 12.6 Å². The summed E-state index contributed by atoms with van der Waals surface area (Å²) in [7, 11) is 1.53. The molecular formula is C12H17N5O3. The molecule has 0 aliphatic carbocycles. The standard InChI is InChI=1S/C12H17N5O3/c1-20-11-8(17-6(3-18)10(11)19)5-2-14-9-7(5)15-4-16-12(9)13/h2,4,6,8,10-11,14,17-19H,3H2,1H3,(H2,13,15,16)/t6-,8+,10-,11+/m1/s1. The highest BCUT2D eigenvalue weighted by Gasteiger charge is 2.43. The first-order chi connectivity index (χ1) is 9.67. The maximum absolute atomic E-state index is 10.1. The van der Waals surface area contributed by atoms with Gasteiger partial charge in [-0.25, -0.2) is 9.97 Å². The lowest BCUT2D eigenvalue weighted by molar-refractivity contribution is -0.00943. The van der Waals surface area contributed by atoms with Gasteiger partial charge in [-0.3, -0.25) is 0 Å². The van der Waals surface area contributed by atoms with Gasteiger partial charge in [-0.15, -0.1) is 0 Å². The Labute approximate surface area is 115 Å². The molecule has 0 spiro atoms. The number of aromatic amines is 1. The molecule has 0 bridgehead atoms. The number of aliphatic hydroxyl groups excluding tert-OH is 2. The number of nitrogens with two attached hydrogens (primary N) is 1. The number of ether oxygens (including phenoxy) is 1. The van der Waals surface area contributed by atoms with Crippen LogP contribution in [0.2, 0.25) is 0 Å². The van der Waals surface area contributed by atoms with E-state index in [0.717, 1.165) is 5.56 Å². The molecular weight excluding hydrogens is 262 g/mol. The molecule has 8 heteroatoms. The lowest BCUT2D eigenvalue weighted by atomic mass is 10.0. The van der Waals surface area contributed by atoms with Gasteiger partial charge in [-0.2, -0.15) is 0 Å². The minimum absolute atomic E-state index is 0.170. The summed E-state index contributed by atoms with van der Waals surface area (Å²) in [5.41, 5.74) is 7.96. The smallest absolute Gasteiger partial charge is 0.151 e. The molecule has 0 saturated carbocycles. The highest BCUT2D eigenvalue weighted by molar-refractivity contribution is 5.87. The van der Waals surface area contributed by atoms with E-state index in [1.54, 1.807) is 6.20 Å². The molecule has 1 saturated heterocycles. The maximum atomic E-state index is 10.1. The van der Waals surface area contributed by atoms with Crippen molar-refractivity contribution in [1.82, 2.24) is 20.3 Å².